The molecule has 0 N–H and O–H groups in total. The topological polar surface area (TPSA) is 40.6 Å². The van der Waals surface area contributed by atoms with Gasteiger partial charge in [0.1, 0.15) is 4.32 Å². The van der Waals surface area contributed by atoms with Crippen LogP contribution in [-0.4, -0.2) is 27.6 Å². The minimum atomic E-state index is -0.262. The number of rotatable bonds is 3. The van der Waals surface area contributed by atoms with Crippen molar-refractivity contribution in [3.05, 3.63) is 68.0 Å². The first-order chi connectivity index (χ1) is 13.4. The molecule has 8 heteroatoms. The number of amides is 2. The summed E-state index contributed by atoms with van der Waals surface area (Å²) in [5.41, 5.74) is 2.78. The first-order valence-corrected chi connectivity index (χ1v) is 10.9. The van der Waals surface area contributed by atoms with Gasteiger partial charge in [-0.1, -0.05) is 69.7 Å². The van der Waals surface area contributed by atoms with Crippen LogP contribution in [0.1, 0.15) is 18.1 Å². The molecule has 2 heterocycles. The van der Waals surface area contributed by atoms with Gasteiger partial charge in [-0.15, -0.1) is 0 Å². The average molecular weight is 494 g/mol. The molecule has 0 aromatic heterocycles. The lowest BCUT2D eigenvalue weighted by Crippen LogP contribution is -2.29. The molecule has 142 valence electrons. The summed E-state index contributed by atoms with van der Waals surface area (Å²) in [5, 5.41) is 0.576. The molecule has 0 aliphatic carbocycles. The molecular formula is C20H14BrClN2O2S2. The molecular weight excluding hydrogens is 480 g/mol. The van der Waals surface area contributed by atoms with Gasteiger partial charge >= 0.3 is 0 Å². The fraction of sp³-hybridized carbons (Fsp3) is 0.150. The van der Waals surface area contributed by atoms with E-state index < -0.39 is 0 Å². The van der Waals surface area contributed by atoms with Crippen LogP contribution >= 0.6 is 51.5 Å². The summed E-state index contributed by atoms with van der Waals surface area (Å²) in [6, 6.07) is 13.0. The number of carbonyl (C=O) groups is 2. The van der Waals surface area contributed by atoms with Crippen LogP contribution < -0.4 is 4.90 Å². The molecule has 2 aliphatic heterocycles. The molecule has 28 heavy (non-hydrogen) atoms. The summed E-state index contributed by atoms with van der Waals surface area (Å²) in [7, 11) is 0. The number of carbonyl (C=O) groups excluding carboxylic acids is 2. The molecule has 2 aliphatic rings. The van der Waals surface area contributed by atoms with Gasteiger partial charge in [0.25, 0.3) is 11.8 Å². The molecule has 2 amide bonds. The maximum absolute atomic E-state index is 13.2. The first kappa shape index (κ1) is 19.6. The number of hydrogen-bond donors (Lipinski definition) is 0. The van der Waals surface area contributed by atoms with E-state index in [9.17, 15) is 9.59 Å². The number of fused-ring (bicyclic) bond motifs is 1. The van der Waals surface area contributed by atoms with E-state index in [1.54, 1.807) is 11.0 Å². The largest absolute Gasteiger partial charge is 0.308 e. The predicted octanol–water partition coefficient (Wildman–Crippen LogP) is 5.24. The SMILES string of the molecule is CCN1C(=O)C(=C2SC(=S)N(Cc3ccccc3Cl)C2=O)c2cc(Br)ccc21. The van der Waals surface area contributed by atoms with Crippen LogP contribution in [-0.2, 0) is 16.1 Å². The summed E-state index contributed by atoms with van der Waals surface area (Å²) in [6.45, 7) is 2.71. The summed E-state index contributed by atoms with van der Waals surface area (Å²) in [6.07, 6.45) is 0. The Kier molecular flexibility index (Phi) is 5.35. The van der Waals surface area contributed by atoms with E-state index in [1.165, 1.54) is 16.7 Å². The maximum atomic E-state index is 13.2. The Hall–Kier alpha value is -1.67. The van der Waals surface area contributed by atoms with Gasteiger partial charge < -0.3 is 4.90 Å². The Balaban J connectivity index is 1.77. The van der Waals surface area contributed by atoms with E-state index in [4.69, 9.17) is 23.8 Å². The predicted molar refractivity (Wildman–Crippen MR) is 121 cm³/mol. The molecule has 2 aromatic rings. The number of thioether (sulfide) groups is 1. The Bertz CT molecular complexity index is 1070. The Morgan fingerprint density at radius 1 is 1.11 bits per heavy atom. The molecule has 0 spiro atoms. The fourth-order valence-corrected chi connectivity index (χ4v) is 5.20. The standard InChI is InChI=1S/C20H14BrClN2O2S2/c1-2-23-15-8-7-12(21)9-13(15)16(18(23)25)17-19(26)24(20(27)28-17)10-11-5-3-4-6-14(11)22/h3-9H,2,10H2,1H3. The van der Waals surface area contributed by atoms with Crippen LogP contribution in [0.25, 0.3) is 5.57 Å². The molecule has 0 radical (unpaired) electrons. The third kappa shape index (κ3) is 3.20. The van der Waals surface area contributed by atoms with Crippen molar-refractivity contribution in [2.24, 2.45) is 0 Å². The highest BCUT2D eigenvalue weighted by Crippen LogP contribution is 2.45. The lowest BCUT2D eigenvalue weighted by molar-refractivity contribution is -0.122. The van der Waals surface area contributed by atoms with Crippen LogP contribution in [0.15, 0.2) is 51.8 Å². The number of halogens is 2. The molecule has 0 atom stereocenters. The molecule has 4 nitrogen and oxygen atoms in total. The molecule has 1 saturated heterocycles. The molecule has 0 unspecified atom stereocenters. The van der Waals surface area contributed by atoms with Crippen LogP contribution in [0.5, 0.6) is 0 Å². The van der Waals surface area contributed by atoms with Gasteiger partial charge in [0.05, 0.1) is 22.7 Å². The number of anilines is 1. The minimum absolute atomic E-state index is 0.172. The number of thiocarbonyl (C=S) groups is 1. The summed E-state index contributed by atoms with van der Waals surface area (Å²) >= 11 is 16.3. The van der Waals surface area contributed by atoms with Crippen LogP contribution in [0.2, 0.25) is 5.02 Å². The first-order valence-electron chi connectivity index (χ1n) is 8.55. The van der Waals surface area contributed by atoms with Crippen molar-refractivity contribution in [2.45, 2.75) is 13.5 Å². The van der Waals surface area contributed by atoms with Crippen molar-refractivity contribution < 1.29 is 9.59 Å². The van der Waals surface area contributed by atoms with E-state index in [2.05, 4.69) is 15.9 Å². The summed E-state index contributed by atoms with van der Waals surface area (Å²) in [5.74, 6) is -0.434. The zero-order valence-corrected chi connectivity index (χ0v) is 18.7. The van der Waals surface area contributed by atoms with Crippen molar-refractivity contribution in [3.63, 3.8) is 0 Å². The fourth-order valence-electron chi connectivity index (χ4n) is 3.32. The van der Waals surface area contributed by atoms with Crippen molar-refractivity contribution >= 4 is 78.9 Å². The minimum Gasteiger partial charge on any atom is -0.308 e. The Morgan fingerprint density at radius 3 is 2.57 bits per heavy atom. The van der Waals surface area contributed by atoms with E-state index in [0.717, 1.165) is 21.3 Å². The highest BCUT2D eigenvalue weighted by molar-refractivity contribution is 9.10. The zero-order chi connectivity index (χ0) is 20.0. The van der Waals surface area contributed by atoms with Crippen molar-refractivity contribution in [1.82, 2.24) is 4.90 Å². The quantitative estimate of drug-likeness (QED) is 0.433. The average Bonchev–Trinajstić information content (AvgIpc) is 3.09. The van der Waals surface area contributed by atoms with Gasteiger partial charge in [0, 0.05) is 21.6 Å². The lowest BCUT2D eigenvalue weighted by atomic mass is 10.1. The number of benzene rings is 2. The van der Waals surface area contributed by atoms with E-state index >= 15 is 0 Å². The van der Waals surface area contributed by atoms with E-state index in [-0.39, 0.29) is 18.4 Å². The van der Waals surface area contributed by atoms with Crippen molar-refractivity contribution in [1.29, 1.82) is 0 Å². The van der Waals surface area contributed by atoms with Gasteiger partial charge in [0.15, 0.2) is 0 Å². The molecule has 4 rings (SSSR count). The highest BCUT2D eigenvalue weighted by Gasteiger charge is 2.41. The van der Waals surface area contributed by atoms with Crippen molar-refractivity contribution in [3.8, 4) is 0 Å². The molecule has 0 saturated carbocycles. The third-order valence-electron chi connectivity index (χ3n) is 4.66. The summed E-state index contributed by atoms with van der Waals surface area (Å²) < 4.78 is 1.27. The monoisotopic (exact) mass is 492 g/mol. The Labute approximate surface area is 185 Å². The van der Waals surface area contributed by atoms with Crippen LogP contribution in [0.4, 0.5) is 5.69 Å². The highest BCUT2D eigenvalue weighted by atomic mass is 79.9. The van der Waals surface area contributed by atoms with Crippen molar-refractivity contribution in [2.75, 3.05) is 11.4 Å². The smallest absolute Gasteiger partial charge is 0.267 e. The number of nitrogens with zero attached hydrogens (tertiary/aromatic N) is 2. The number of hydrogen-bond acceptors (Lipinski definition) is 4. The van der Waals surface area contributed by atoms with Gasteiger partial charge in [-0.2, -0.15) is 0 Å². The van der Waals surface area contributed by atoms with Gasteiger partial charge in [-0.05, 0) is 36.8 Å². The van der Waals surface area contributed by atoms with E-state index in [0.29, 0.717) is 26.4 Å². The second kappa shape index (κ2) is 7.63. The molecule has 2 aromatic carbocycles. The van der Waals surface area contributed by atoms with Crippen LogP contribution in [0.3, 0.4) is 0 Å². The molecule has 1 fully saturated rings. The second-order valence-electron chi connectivity index (χ2n) is 6.27. The van der Waals surface area contributed by atoms with Gasteiger partial charge in [0.2, 0.25) is 0 Å². The Morgan fingerprint density at radius 2 is 1.86 bits per heavy atom. The second-order valence-corrected chi connectivity index (χ2v) is 9.23. The van der Waals surface area contributed by atoms with Gasteiger partial charge in [-0.3, -0.25) is 14.5 Å². The van der Waals surface area contributed by atoms with E-state index in [1.807, 2.05) is 43.3 Å². The zero-order valence-electron chi connectivity index (χ0n) is 14.7. The lowest BCUT2D eigenvalue weighted by Gasteiger charge is -2.15. The molecule has 0 bridgehead atoms. The number of likely N-dealkylation sites (N-methyl/N-ethyl adjacent to an activating group) is 1. The maximum Gasteiger partial charge on any atom is 0.267 e. The van der Waals surface area contributed by atoms with Crippen LogP contribution in [0, 0.1) is 0 Å². The normalized spacial score (nSPS) is 19.0. The third-order valence-corrected chi connectivity index (χ3v) is 6.97. The van der Waals surface area contributed by atoms with Gasteiger partial charge in [-0.25, -0.2) is 0 Å². The summed E-state index contributed by atoms with van der Waals surface area (Å²) in [4.78, 5) is 29.8.